The van der Waals surface area contributed by atoms with Gasteiger partial charge in [-0.3, -0.25) is 9.36 Å². The van der Waals surface area contributed by atoms with Crippen LogP contribution in [0.4, 0.5) is 5.69 Å². The van der Waals surface area contributed by atoms with E-state index in [9.17, 15) is 9.90 Å². The monoisotopic (exact) mass is 614 g/mol. The lowest BCUT2D eigenvalue weighted by atomic mass is 10.1. The number of thioether (sulfide) groups is 1. The van der Waals surface area contributed by atoms with Crippen molar-refractivity contribution in [2.45, 2.75) is 32.9 Å². The summed E-state index contributed by atoms with van der Waals surface area (Å²) in [6.45, 7) is 8.10. The van der Waals surface area contributed by atoms with Crippen LogP contribution in [-0.4, -0.2) is 31.5 Å². The van der Waals surface area contributed by atoms with Gasteiger partial charge in [-0.05, 0) is 96.7 Å². The van der Waals surface area contributed by atoms with E-state index >= 15 is 0 Å². The molecule has 0 unspecified atom stereocenters. The topological polar surface area (TPSA) is 80.0 Å². The molecule has 0 spiro atoms. The predicted octanol–water partition coefficient (Wildman–Crippen LogP) is 7.13. The average Bonchev–Trinajstić information content (AvgIpc) is 3.21. The van der Waals surface area contributed by atoms with E-state index in [-0.39, 0.29) is 17.4 Å². The van der Waals surface area contributed by atoms with Crippen molar-refractivity contribution in [2.75, 3.05) is 11.1 Å². The second kappa shape index (κ2) is 10.6. The van der Waals surface area contributed by atoms with Crippen molar-refractivity contribution in [1.82, 2.24) is 14.8 Å². The molecule has 180 valence electrons. The molecule has 35 heavy (non-hydrogen) atoms. The summed E-state index contributed by atoms with van der Waals surface area (Å²) in [6, 6.07) is 15.2. The molecule has 0 aliphatic rings. The summed E-state index contributed by atoms with van der Waals surface area (Å²) in [5.74, 6) is 0.587. The number of rotatable bonds is 6. The van der Waals surface area contributed by atoms with Crippen molar-refractivity contribution in [3.8, 4) is 22.8 Å². The first kappa shape index (κ1) is 25.5. The third kappa shape index (κ3) is 5.63. The molecule has 1 heterocycles. The number of phenolic OH excluding ortho intramolecular Hbond substituents is 1. The minimum absolute atomic E-state index is 0.0977. The van der Waals surface area contributed by atoms with Gasteiger partial charge in [-0.15, -0.1) is 10.2 Å². The molecule has 0 aliphatic heterocycles. The molecule has 0 radical (unpaired) electrons. The maximum absolute atomic E-state index is 12.8. The number of benzene rings is 3. The molecule has 1 aromatic heterocycles. The maximum Gasteiger partial charge on any atom is 0.234 e. The van der Waals surface area contributed by atoms with Crippen LogP contribution in [-0.2, 0) is 4.79 Å². The lowest BCUT2D eigenvalue weighted by Gasteiger charge is -2.14. The highest BCUT2D eigenvalue weighted by Gasteiger charge is 2.21. The smallest absolute Gasteiger partial charge is 0.234 e. The highest BCUT2D eigenvalue weighted by Crippen LogP contribution is 2.35. The van der Waals surface area contributed by atoms with Crippen LogP contribution in [0.3, 0.4) is 0 Å². The summed E-state index contributed by atoms with van der Waals surface area (Å²) in [6.07, 6.45) is 0. The molecular weight excluding hydrogens is 592 g/mol. The lowest BCUT2D eigenvalue weighted by molar-refractivity contribution is -0.113. The molecule has 0 aliphatic carbocycles. The summed E-state index contributed by atoms with van der Waals surface area (Å²) in [5.41, 5.74) is 6.58. The van der Waals surface area contributed by atoms with Crippen molar-refractivity contribution in [3.63, 3.8) is 0 Å². The molecule has 3 aromatic carbocycles. The second-order valence-electron chi connectivity index (χ2n) is 8.35. The minimum Gasteiger partial charge on any atom is -0.507 e. The maximum atomic E-state index is 12.8. The van der Waals surface area contributed by atoms with Gasteiger partial charge in [0.15, 0.2) is 11.0 Å². The number of halogens is 2. The number of aromatic hydroxyl groups is 1. The fourth-order valence-corrected chi connectivity index (χ4v) is 5.35. The summed E-state index contributed by atoms with van der Waals surface area (Å²) in [7, 11) is 0. The van der Waals surface area contributed by atoms with E-state index in [2.05, 4.69) is 53.4 Å². The normalized spacial score (nSPS) is 11.0. The van der Waals surface area contributed by atoms with Crippen LogP contribution in [0.2, 0.25) is 0 Å². The van der Waals surface area contributed by atoms with E-state index in [0.717, 1.165) is 42.6 Å². The Morgan fingerprint density at radius 2 is 1.71 bits per heavy atom. The molecule has 0 atom stereocenters. The van der Waals surface area contributed by atoms with E-state index in [0.29, 0.717) is 16.5 Å². The van der Waals surface area contributed by atoms with Crippen LogP contribution in [0.5, 0.6) is 5.75 Å². The van der Waals surface area contributed by atoms with Crippen molar-refractivity contribution in [2.24, 2.45) is 0 Å². The fraction of sp³-hybridized carbons (Fsp3) is 0.192. The minimum atomic E-state index is -0.152. The zero-order valence-corrected chi connectivity index (χ0v) is 23.7. The van der Waals surface area contributed by atoms with Crippen molar-refractivity contribution >= 4 is 55.2 Å². The van der Waals surface area contributed by atoms with Crippen molar-refractivity contribution < 1.29 is 9.90 Å². The van der Waals surface area contributed by atoms with Gasteiger partial charge in [0, 0.05) is 8.95 Å². The molecule has 4 rings (SSSR count). The molecule has 4 aromatic rings. The molecule has 0 saturated carbocycles. The van der Waals surface area contributed by atoms with E-state index < -0.39 is 0 Å². The highest BCUT2D eigenvalue weighted by molar-refractivity contribution is 9.10. The fourth-order valence-electron chi connectivity index (χ4n) is 3.69. The highest BCUT2D eigenvalue weighted by atomic mass is 79.9. The Kier molecular flexibility index (Phi) is 7.68. The molecular formula is C26H24Br2N4O2S. The first-order chi connectivity index (χ1) is 16.6. The van der Waals surface area contributed by atoms with Gasteiger partial charge in [-0.1, -0.05) is 45.4 Å². The first-order valence-corrected chi connectivity index (χ1v) is 13.4. The van der Waals surface area contributed by atoms with Crippen LogP contribution >= 0.6 is 43.6 Å². The molecule has 2 N–H and O–H groups in total. The van der Waals surface area contributed by atoms with Crippen LogP contribution in [0, 0.1) is 27.7 Å². The van der Waals surface area contributed by atoms with Crippen LogP contribution in [0.15, 0.2) is 62.6 Å². The Morgan fingerprint density at radius 3 is 2.46 bits per heavy atom. The van der Waals surface area contributed by atoms with Gasteiger partial charge in [0.25, 0.3) is 0 Å². The quantitative estimate of drug-likeness (QED) is 0.226. The number of amides is 1. The van der Waals surface area contributed by atoms with E-state index in [4.69, 9.17) is 0 Å². The molecule has 6 nitrogen and oxygen atoms in total. The number of carbonyl (C=O) groups is 1. The van der Waals surface area contributed by atoms with Gasteiger partial charge in [-0.25, -0.2) is 0 Å². The number of nitrogens with zero attached hydrogens (tertiary/aromatic N) is 3. The van der Waals surface area contributed by atoms with Gasteiger partial charge in [0.1, 0.15) is 5.75 Å². The molecule has 1 amide bonds. The van der Waals surface area contributed by atoms with Crippen LogP contribution in [0.1, 0.15) is 22.3 Å². The number of phenols is 1. The molecule has 0 fully saturated rings. The predicted molar refractivity (Wildman–Crippen MR) is 149 cm³/mol. The van der Waals surface area contributed by atoms with E-state index in [1.165, 1.54) is 11.8 Å². The number of hydrogen-bond donors (Lipinski definition) is 2. The number of aromatic nitrogens is 3. The summed E-state index contributed by atoms with van der Waals surface area (Å²) < 4.78 is 3.54. The zero-order valence-electron chi connectivity index (χ0n) is 19.7. The molecule has 0 bridgehead atoms. The number of anilines is 1. The largest absolute Gasteiger partial charge is 0.507 e. The standard InChI is InChI=1S/C26H24Br2N4O2S/c1-14-5-7-22(17(4)9-14)32-25(19-12-18(27)6-8-23(19)33)30-31-26(32)35-13-24(34)29-21-11-16(3)15(2)10-20(21)28/h5-12,33H,13H2,1-4H3,(H,29,34). The van der Waals surface area contributed by atoms with E-state index in [1.807, 2.05) is 56.5 Å². The van der Waals surface area contributed by atoms with E-state index in [1.54, 1.807) is 18.2 Å². The van der Waals surface area contributed by atoms with Crippen LogP contribution < -0.4 is 5.32 Å². The molecule has 9 heteroatoms. The Morgan fingerprint density at radius 1 is 0.971 bits per heavy atom. The van der Waals surface area contributed by atoms with Gasteiger partial charge in [0.2, 0.25) is 5.91 Å². The summed E-state index contributed by atoms with van der Waals surface area (Å²) >= 11 is 8.29. The van der Waals surface area contributed by atoms with Crippen molar-refractivity contribution in [1.29, 1.82) is 0 Å². The Bertz CT molecular complexity index is 1440. The second-order valence-corrected chi connectivity index (χ2v) is 11.1. The Hall–Kier alpha value is -2.62. The van der Waals surface area contributed by atoms with Crippen LogP contribution in [0.25, 0.3) is 17.1 Å². The summed E-state index contributed by atoms with van der Waals surface area (Å²) in [4.78, 5) is 12.8. The van der Waals surface area contributed by atoms with Crippen molar-refractivity contribution in [3.05, 3.63) is 79.7 Å². The van der Waals surface area contributed by atoms with Gasteiger partial charge in [-0.2, -0.15) is 0 Å². The lowest BCUT2D eigenvalue weighted by Crippen LogP contribution is -2.15. The summed E-state index contributed by atoms with van der Waals surface area (Å²) in [5, 5.41) is 22.9. The SMILES string of the molecule is Cc1ccc(-n2c(SCC(=O)Nc3cc(C)c(C)cc3Br)nnc2-c2cc(Br)ccc2O)c(C)c1. The number of hydrogen-bond acceptors (Lipinski definition) is 5. The first-order valence-electron chi connectivity index (χ1n) is 10.9. The Balaban J connectivity index is 1.67. The van der Waals surface area contributed by atoms with Gasteiger partial charge >= 0.3 is 0 Å². The third-order valence-corrected chi connectivity index (χ3v) is 7.69. The number of nitrogens with one attached hydrogen (secondary N) is 1. The van der Waals surface area contributed by atoms with Gasteiger partial charge in [0.05, 0.1) is 22.7 Å². The third-order valence-electron chi connectivity index (χ3n) is 5.62. The molecule has 0 saturated heterocycles. The zero-order chi connectivity index (χ0) is 25.3. The number of aryl methyl sites for hydroxylation is 4. The Labute approximate surface area is 225 Å². The average molecular weight is 616 g/mol. The number of carbonyl (C=O) groups excluding carboxylic acids is 1. The van der Waals surface area contributed by atoms with Gasteiger partial charge < -0.3 is 10.4 Å².